The van der Waals surface area contributed by atoms with Crippen LogP contribution in [0.15, 0.2) is 65.3 Å². The van der Waals surface area contributed by atoms with Crippen molar-refractivity contribution in [2.45, 2.75) is 11.6 Å². The Labute approximate surface area is 211 Å². The zero-order valence-electron chi connectivity index (χ0n) is 19.1. The largest absolute Gasteiger partial charge is 0.454 e. The molecular weight excluding hydrogens is 480 g/mol. The molecule has 4 heterocycles. The van der Waals surface area contributed by atoms with Gasteiger partial charge in [-0.1, -0.05) is 42.1 Å². The van der Waals surface area contributed by atoms with Crippen LogP contribution in [0.1, 0.15) is 5.56 Å². The summed E-state index contributed by atoms with van der Waals surface area (Å²) < 4.78 is 10.9. The predicted octanol–water partition coefficient (Wildman–Crippen LogP) is 3.11. The van der Waals surface area contributed by atoms with Crippen molar-refractivity contribution in [3.05, 3.63) is 65.8 Å². The number of piperazine rings is 1. The highest BCUT2D eigenvalue weighted by Gasteiger charge is 2.25. The average molecular weight is 506 g/mol. The molecule has 6 rings (SSSR count). The van der Waals surface area contributed by atoms with Gasteiger partial charge in [0.05, 0.1) is 37.3 Å². The number of fused-ring (bicyclic) bond motifs is 2. The number of carbonyl (C=O) groups excluding carboxylic acids is 1. The lowest BCUT2D eigenvalue weighted by molar-refractivity contribution is -0.917. The summed E-state index contributed by atoms with van der Waals surface area (Å²) in [6, 6.07) is 16.4. The molecule has 0 spiro atoms. The van der Waals surface area contributed by atoms with Gasteiger partial charge in [0.2, 0.25) is 12.7 Å². The normalized spacial score (nSPS) is 15.6. The lowest BCUT2D eigenvalue weighted by Gasteiger charge is -2.32. The molecule has 0 aliphatic carbocycles. The first-order valence-corrected chi connectivity index (χ1v) is 13.5. The van der Waals surface area contributed by atoms with Crippen LogP contribution >= 0.6 is 23.1 Å². The molecule has 0 saturated carbocycles. The number of thioether (sulfide) groups is 1. The van der Waals surface area contributed by atoms with Crippen LogP contribution in [0, 0.1) is 0 Å². The van der Waals surface area contributed by atoms with E-state index in [4.69, 9.17) is 9.47 Å². The Morgan fingerprint density at radius 1 is 1.06 bits per heavy atom. The van der Waals surface area contributed by atoms with E-state index in [2.05, 4.69) is 39.6 Å². The number of amides is 1. The summed E-state index contributed by atoms with van der Waals surface area (Å²) in [4.78, 5) is 26.4. The fourth-order valence-corrected chi connectivity index (χ4v) is 6.49. The maximum Gasteiger partial charge on any atom is 0.233 e. The van der Waals surface area contributed by atoms with Crippen molar-refractivity contribution in [2.24, 2.45) is 0 Å². The number of rotatable bonds is 6. The van der Waals surface area contributed by atoms with Gasteiger partial charge in [-0.3, -0.25) is 4.79 Å². The van der Waals surface area contributed by atoms with Crippen LogP contribution in [0.2, 0.25) is 0 Å². The van der Waals surface area contributed by atoms with Gasteiger partial charge in [0.1, 0.15) is 22.7 Å². The predicted molar refractivity (Wildman–Crippen MR) is 137 cm³/mol. The Bertz CT molecular complexity index is 1350. The van der Waals surface area contributed by atoms with Crippen LogP contribution in [-0.4, -0.2) is 59.5 Å². The van der Waals surface area contributed by atoms with Crippen LogP contribution in [0.5, 0.6) is 11.5 Å². The van der Waals surface area contributed by atoms with Crippen LogP contribution in [0.25, 0.3) is 21.3 Å². The maximum atomic E-state index is 13.0. The van der Waals surface area contributed by atoms with Gasteiger partial charge in [0.15, 0.2) is 11.5 Å². The molecule has 1 fully saturated rings. The van der Waals surface area contributed by atoms with Crippen LogP contribution in [-0.2, 0) is 11.3 Å². The Morgan fingerprint density at radius 3 is 2.74 bits per heavy atom. The summed E-state index contributed by atoms with van der Waals surface area (Å²) in [6.45, 7) is 4.63. The van der Waals surface area contributed by atoms with E-state index in [9.17, 15) is 4.79 Å². The molecule has 1 amide bonds. The van der Waals surface area contributed by atoms with E-state index in [-0.39, 0.29) is 5.91 Å². The Balaban J connectivity index is 1.07. The molecule has 2 aromatic carbocycles. The first-order valence-electron chi connectivity index (χ1n) is 11.6. The summed E-state index contributed by atoms with van der Waals surface area (Å²) in [7, 11) is 0. The van der Waals surface area contributed by atoms with Gasteiger partial charge in [-0.25, -0.2) is 9.97 Å². The van der Waals surface area contributed by atoms with Crippen LogP contribution < -0.4 is 14.4 Å². The van der Waals surface area contributed by atoms with Gasteiger partial charge < -0.3 is 19.3 Å². The van der Waals surface area contributed by atoms with Crippen molar-refractivity contribution in [3.63, 3.8) is 0 Å². The molecule has 1 saturated heterocycles. The Hall–Kier alpha value is -3.14. The molecule has 35 heavy (non-hydrogen) atoms. The highest BCUT2D eigenvalue weighted by molar-refractivity contribution is 8.00. The second kappa shape index (κ2) is 9.85. The maximum absolute atomic E-state index is 13.0. The number of hydrogen-bond acceptors (Lipinski definition) is 7. The van der Waals surface area contributed by atoms with Crippen molar-refractivity contribution >= 4 is 39.2 Å². The molecule has 178 valence electrons. The number of hydrogen-bond donors (Lipinski definition) is 1. The number of aromatic nitrogens is 2. The smallest absolute Gasteiger partial charge is 0.233 e. The number of nitrogens with zero attached hydrogens (tertiary/aromatic N) is 3. The highest BCUT2D eigenvalue weighted by atomic mass is 32.2. The fraction of sp³-hybridized carbons (Fsp3) is 0.269. The van der Waals surface area contributed by atoms with Crippen LogP contribution in [0.4, 0.5) is 0 Å². The second-order valence-electron chi connectivity index (χ2n) is 8.66. The van der Waals surface area contributed by atoms with Crippen LogP contribution in [0.3, 0.4) is 0 Å². The standard InChI is InChI=1S/C26H24N4O3S2/c31-23(30-10-8-29(9-11-30)13-18-6-7-21-22(12-18)33-17-32-21)15-35-26-24-20(19-4-2-1-3-5-19)14-34-25(24)27-16-28-26/h1-7,12,14,16H,8-11,13,15,17H2/p+1. The minimum absolute atomic E-state index is 0.167. The second-order valence-corrected chi connectivity index (χ2v) is 10.5. The van der Waals surface area contributed by atoms with Gasteiger partial charge in [-0.15, -0.1) is 11.3 Å². The van der Waals surface area contributed by atoms with Crippen molar-refractivity contribution in [3.8, 4) is 22.6 Å². The van der Waals surface area contributed by atoms with E-state index in [1.165, 1.54) is 22.2 Å². The number of thiophene rings is 1. The molecule has 9 heteroatoms. The summed E-state index contributed by atoms with van der Waals surface area (Å²) in [6.07, 6.45) is 1.60. The SMILES string of the molecule is O=C(CSc1ncnc2scc(-c3ccccc3)c12)N1CC[NH+](Cc2ccc3c(c2)OCO3)CC1. The van der Waals surface area contributed by atoms with Gasteiger partial charge in [-0.05, 0) is 23.8 Å². The third-order valence-electron chi connectivity index (χ3n) is 6.47. The van der Waals surface area contributed by atoms with E-state index in [0.717, 1.165) is 70.6 Å². The topological polar surface area (TPSA) is 69.0 Å². The van der Waals surface area contributed by atoms with E-state index in [1.54, 1.807) is 17.7 Å². The van der Waals surface area contributed by atoms with E-state index < -0.39 is 0 Å². The number of ether oxygens (including phenoxy) is 2. The summed E-state index contributed by atoms with van der Waals surface area (Å²) in [5, 5.41) is 4.04. The van der Waals surface area contributed by atoms with Crippen molar-refractivity contribution in [1.82, 2.24) is 14.9 Å². The Kier molecular flexibility index (Phi) is 6.28. The highest BCUT2D eigenvalue weighted by Crippen LogP contribution is 2.37. The zero-order chi connectivity index (χ0) is 23.6. The minimum Gasteiger partial charge on any atom is -0.454 e. The molecule has 2 aromatic heterocycles. The average Bonchev–Trinajstić information content (AvgIpc) is 3.55. The summed E-state index contributed by atoms with van der Waals surface area (Å²) in [5.41, 5.74) is 3.50. The molecule has 1 N–H and O–H groups in total. The van der Waals surface area contributed by atoms with E-state index in [0.29, 0.717) is 12.5 Å². The lowest BCUT2D eigenvalue weighted by Crippen LogP contribution is -3.13. The third kappa shape index (κ3) is 4.71. The molecular formula is C26H25N4O3S2+. The number of nitrogens with one attached hydrogen (secondary N) is 1. The number of carbonyl (C=O) groups is 1. The molecule has 2 aliphatic heterocycles. The number of benzene rings is 2. The fourth-order valence-electron chi connectivity index (χ4n) is 4.60. The monoisotopic (exact) mass is 505 g/mol. The molecule has 0 unspecified atom stereocenters. The summed E-state index contributed by atoms with van der Waals surface area (Å²) in [5.74, 6) is 2.19. The van der Waals surface area contributed by atoms with Gasteiger partial charge in [0, 0.05) is 16.5 Å². The first kappa shape index (κ1) is 22.3. The molecule has 0 radical (unpaired) electrons. The molecule has 0 atom stereocenters. The molecule has 0 bridgehead atoms. The quantitative estimate of drug-likeness (QED) is 0.321. The Morgan fingerprint density at radius 2 is 1.89 bits per heavy atom. The van der Waals surface area contributed by atoms with Crippen molar-refractivity contribution in [1.29, 1.82) is 0 Å². The zero-order valence-corrected chi connectivity index (χ0v) is 20.7. The first-order chi connectivity index (χ1) is 17.2. The van der Waals surface area contributed by atoms with Crippen molar-refractivity contribution in [2.75, 3.05) is 38.7 Å². The third-order valence-corrected chi connectivity index (χ3v) is 8.33. The molecule has 4 aromatic rings. The van der Waals surface area contributed by atoms with Gasteiger partial charge in [-0.2, -0.15) is 0 Å². The molecule has 7 nitrogen and oxygen atoms in total. The lowest BCUT2D eigenvalue weighted by atomic mass is 10.1. The van der Waals surface area contributed by atoms with E-state index in [1.807, 2.05) is 29.2 Å². The summed E-state index contributed by atoms with van der Waals surface area (Å²) >= 11 is 3.13. The van der Waals surface area contributed by atoms with Gasteiger partial charge in [0.25, 0.3) is 0 Å². The number of quaternary nitrogens is 1. The minimum atomic E-state index is 0.167. The van der Waals surface area contributed by atoms with Gasteiger partial charge >= 0.3 is 0 Å². The van der Waals surface area contributed by atoms with Crippen molar-refractivity contribution < 1.29 is 19.2 Å². The molecule has 2 aliphatic rings. The van der Waals surface area contributed by atoms with E-state index >= 15 is 0 Å².